The van der Waals surface area contributed by atoms with Crippen LogP contribution in [0.1, 0.15) is 18.4 Å². The van der Waals surface area contributed by atoms with Crippen molar-refractivity contribution in [3.63, 3.8) is 0 Å². The van der Waals surface area contributed by atoms with Crippen molar-refractivity contribution in [2.24, 2.45) is 0 Å². The number of carbonyl (C=O) groups excluding carboxylic acids is 1. The Bertz CT molecular complexity index is 1210. The van der Waals surface area contributed by atoms with Crippen molar-refractivity contribution in [2.75, 3.05) is 43.9 Å². The van der Waals surface area contributed by atoms with Crippen molar-refractivity contribution in [1.82, 2.24) is 14.9 Å². The normalized spacial score (nSPS) is 16.6. The van der Waals surface area contributed by atoms with Crippen LogP contribution < -0.4 is 15.4 Å². The number of carbonyl (C=O) groups is 1. The second-order valence-corrected chi connectivity index (χ2v) is 8.53. The summed E-state index contributed by atoms with van der Waals surface area (Å²) in [4.78, 5) is 23.2. The van der Waals surface area contributed by atoms with E-state index in [0.717, 1.165) is 42.6 Å². The number of pyridine rings is 2. The van der Waals surface area contributed by atoms with Gasteiger partial charge in [-0.25, -0.2) is 19.2 Å². The summed E-state index contributed by atoms with van der Waals surface area (Å²) in [6, 6.07) is 4.91. The van der Waals surface area contributed by atoms with Gasteiger partial charge in [0.1, 0.15) is 30.0 Å². The summed E-state index contributed by atoms with van der Waals surface area (Å²) in [5.74, 6) is 0.518. The predicted octanol–water partition coefficient (Wildman–Crippen LogP) is 4.19. The van der Waals surface area contributed by atoms with E-state index in [9.17, 15) is 4.79 Å². The highest BCUT2D eigenvalue weighted by molar-refractivity contribution is 5.92. The van der Waals surface area contributed by atoms with E-state index in [2.05, 4.69) is 32.5 Å². The van der Waals surface area contributed by atoms with Crippen LogP contribution in [-0.4, -0.2) is 60.4 Å². The van der Waals surface area contributed by atoms with Crippen LogP contribution in [0.2, 0.25) is 0 Å². The minimum Gasteiger partial charge on any atom is -0.474 e. The van der Waals surface area contributed by atoms with E-state index in [1.807, 2.05) is 6.92 Å². The number of halogens is 1. The van der Waals surface area contributed by atoms with Crippen LogP contribution in [0.3, 0.4) is 0 Å². The number of benzene rings is 1. The third-order valence-electron chi connectivity index (χ3n) is 6.21. The van der Waals surface area contributed by atoms with Gasteiger partial charge in [-0.05, 0) is 56.0 Å². The molecule has 0 aliphatic carbocycles. The zero-order valence-corrected chi connectivity index (χ0v) is 18.7. The molecule has 3 aromatic rings. The molecule has 9 heteroatoms. The molecule has 172 valence electrons. The second kappa shape index (κ2) is 8.82. The number of nitrogens with one attached hydrogen (secondary N) is 2. The summed E-state index contributed by atoms with van der Waals surface area (Å²) in [5.41, 5.74) is 2.76. The average molecular weight is 452 g/mol. The van der Waals surface area contributed by atoms with Crippen molar-refractivity contribution in [2.45, 2.75) is 25.9 Å². The molecular formula is C24H26FN5O3. The molecule has 4 heterocycles. The SMILES string of the molecule is Cc1c(-c2cc3cc(NC(=O)OC4CCN(C)CC4)ncc3cc2F)cnc2c1NCCO2. The number of nitrogens with zero attached hydrogens (tertiary/aromatic N) is 3. The lowest BCUT2D eigenvalue weighted by atomic mass is 9.98. The van der Waals surface area contributed by atoms with Crippen LogP contribution in [0, 0.1) is 12.7 Å². The van der Waals surface area contributed by atoms with Crippen LogP contribution >= 0.6 is 0 Å². The molecule has 2 N–H and O–H groups in total. The molecule has 1 fully saturated rings. The highest BCUT2D eigenvalue weighted by Gasteiger charge is 2.21. The third kappa shape index (κ3) is 4.41. The first-order valence-electron chi connectivity index (χ1n) is 11.1. The Kier molecular flexibility index (Phi) is 5.72. The van der Waals surface area contributed by atoms with E-state index in [0.29, 0.717) is 41.4 Å². The quantitative estimate of drug-likeness (QED) is 0.617. The lowest BCUT2D eigenvalue weighted by Crippen LogP contribution is -2.36. The molecule has 33 heavy (non-hydrogen) atoms. The van der Waals surface area contributed by atoms with E-state index in [-0.39, 0.29) is 11.9 Å². The van der Waals surface area contributed by atoms with E-state index in [1.54, 1.807) is 24.5 Å². The van der Waals surface area contributed by atoms with Crippen LogP contribution in [0.4, 0.5) is 20.7 Å². The summed E-state index contributed by atoms with van der Waals surface area (Å²) in [5, 5.41) is 7.36. The first-order valence-corrected chi connectivity index (χ1v) is 11.1. The Hall–Kier alpha value is -3.46. The fourth-order valence-electron chi connectivity index (χ4n) is 4.32. The number of rotatable bonds is 3. The Balaban J connectivity index is 1.40. The molecular weight excluding hydrogens is 425 g/mol. The number of piperidine rings is 1. The maximum Gasteiger partial charge on any atom is 0.413 e. The minimum absolute atomic E-state index is 0.0978. The van der Waals surface area contributed by atoms with Crippen LogP contribution in [0.15, 0.2) is 30.6 Å². The van der Waals surface area contributed by atoms with E-state index >= 15 is 4.39 Å². The number of hydrogen-bond acceptors (Lipinski definition) is 7. The topological polar surface area (TPSA) is 88.6 Å². The van der Waals surface area contributed by atoms with Gasteiger partial charge < -0.3 is 19.7 Å². The molecule has 1 aromatic carbocycles. The van der Waals surface area contributed by atoms with Gasteiger partial charge in [-0.1, -0.05) is 0 Å². The molecule has 2 aliphatic rings. The standard InChI is InChI=1S/C24H26FN5O3/c1-14-19(13-28-23-22(14)26-5-8-32-23)18-9-15-11-21(27-12-16(15)10-20(18)25)29-24(31)33-17-3-6-30(2)7-4-17/h9-13,17,26H,3-8H2,1-2H3,(H,27,29,31). The van der Waals surface area contributed by atoms with Gasteiger partial charge in [-0.2, -0.15) is 0 Å². The summed E-state index contributed by atoms with van der Waals surface area (Å²) >= 11 is 0. The van der Waals surface area contributed by atoms with Gasteiger partial charge in [0.25, 0.3) is 0 Å². The Morgan fingerprint density at radius 2 is 2.00 bits per heavy atom. The number of amides is 1. The summed E-state index contributed by atoms with van der Waals surface area (Å²) in [7, 11) is 2.05. The molecule has 0 spiro atoms. The molecule has 0 atom stereocenters. The number of hydrogen-bond donors (Lipinski definition) is 2. The van der Waals surface area contributed by atoms with Crippen molar-refractivity contribution < 1.29 is 18.7 Å². The van der Waals surface area contributed by atoms with E-state index in [1.165, 1.54) is 6.07 Å². The third-order valence-corrected chi connectivity index (χ3v) is 6.21. The van der Waals surface area contributed by atoms with Crippen molar-refractivity contribution in [1.29, 1.82) is 0 Å². The lowest BCUT2D eigenvalue weighted by Gasteiger charge is -2.28. The zero-order valence-electron chi connectivity index (χ0n) is 18.7. The molecule has 5 rings (SSSR count). The number of fused-ring (bicyclic) bond motifs is 2. The van der Waals surface area contributed by atoms with E-state index in [4.69, 9.17) is 9.47 Å². The predicted molar refractivity (Wildman–Crippen MR) is 124 cm³/mol. The van der Waals surface area contributed by atoms with Gasteiger partial charge in [0, 0.05) is 48.5 Å². The minimum atomic E-state index is -0.528. The smallest absolute Gasteiger partial charge is 0.413 e. The summed E-state index contributed by atoms with van der Waals surface area (Å²) < 4.78 is 26.1. The average Bonchev–Trinajstić information content (AvgIpc) is 2.81. The number of aromatic nitrogens is 2. The van der Waals surface area contributed by atoms with Gasteiger partial charge in [-0.3, -0.25) is 5.32 Å². The number of ether oxygens (including phenoxy) is 2. The van der Waals surface area contributed by atoms with Gasteiger partial charge in [-0.15, -0.1) is 0 Å². The van der Waals surface area contributed by atoms with Crippen molar-refractivity contribution in [3.8, 4) is 17.0 Å². The highest BCUT2D eigenvalue weighted by atomic mass is 19.1. The maximum atomic E-state index is 15.0. The lowest BCUT2D eigenvalue weighted by molar-refractivity contribution is 0.0661. The Morgan fingerprint density at radius 1 is 1.18 bits per heavy atom. The molecule has 2 aromatic heterocycles. The molecule has 0 unspecified atom stereocenters. The maximum absolute atomic E-state index is 15.0. The van der Waals surface area contributed by atoms with Gasteiger partial charge >= 0.3 is 6.09 Å². The fraction of sp³-hybridized carbons (Fsp3) is 0.375. The fourth-order valence-corrected chi connectivity index (χ4v) is 4.32. The Labute approximate surface area is 191 Å². The highest BCUT2D eigenvalue weighted by Crippen LogP contribution is 2.37. The molecule has 0 radical (unpaired) electrons. The largest absolute Gasteiger partial charge is 0.474 e. The van der Waals surface area contributed by atoms with E-state index < -0.39 is 6.09 Å². The van der Waals surface area contributed by atoms with Gasteiger partial charge in [0.2, 0.25) is 5.88 Å². The Morgan fingerprint density at radius 3 is 2.82 bits per heavy atom. The molecule has 0 bridgehead atoms. The first-order chi connectivity index (χ1) is 16.0. The second-order valence-electron chi connectivity index (χ2n) is 8.53. The molecule has 8 nitrogen and oxygen atoms in total. The number of anilines is 2. The van der Waals surface area contributed by atoms with Crippen LogP contribution in [-0.2, 0) is 4.74 Å². The number of likely N-dealkylation sites (tertiary alicyclic amines) is 1. The molecule has 0 saturated carbocycles. The monoisotopic (exact) mass is 451 g/mol. The summed E-state index contributed by atoms with van der Waals surface area (Å²) in [6.07, 6.45) is 4.17. The van der Waals surface area contributed by atoms with Crippen molar-refractivity contribution >= 4 is 28.4 Å². The van der Waals surface area contributed by atoms with Crippen LogP contribution in [0.5, 0.6) is 5.88 Å². The summed E-state index contributed by atoms with van der Waals surface area (Å²) in [6.45, 7) is 4.94. The molecule has 1 amide bonds. The van der Waals surface area contributed by atoms with Crippen LogP contribution in [0.25, 0.3) is 21.9 Å². The van der Waals surface area contributed by atoms with Gasteiger partial charge in [0.15, 0.2) is 0 Å². The van der Waals surface area contributed by atoms with Gasteiger partial charge in [0.05, 0.1) is 0 Å². The molecule has 2 aliphatic heterocycles. The zero-order chi connectivity index (χ0) is 22.9. The molecule has 1 saturated heterocycles. The van der Waals surface area contributed by atoms with Crippen molar-refractivity contribution in [3.05, 3.63) is 42.0 Å². The first kappa shape index (κ1) is 21.4.